The van der Waals surface area contributed by atoms with E-state index in [1.165, 1.54) is 11.3 Å². The highest BCUT2D eigenvalue weighted by Gasteiger charge is 2.10. The molecule has 0 aliphatic carbocycles. The number of aromatic nitrogens is 2. The van der Waals surface area contributed by atoms with Gasteiger partial charge in [0.25, 0.3) is 0 Å². The number of rotatable bonds is 7. The second-order valence-corrected chi connectivity index (χ2v) is 6.34. The first-order chi connectivity index (χ1) is 12.7. The number of thiazole rings is 1. The second kappa shape index (κ2) is 8.44. The van der Waals surface area contributed by atoms with E-state index in [1.54, 1.807) is 38.6 Å². The molecule has 0 atom stereocenters. The summed E-state index contributed by atoms with van der Waals surface area (Å²) in [6.07, 6.45) is 2.66. The number of methoxy groups -OCH3 is 2. The van der Waals surface area contributed by atoms with E-state index in [0.29, 0.717) is 30.0 Å². The van der Waals surface area contributed by atoms with Crippen molar-refractivity contribution >= 4 is 22.9 Å². The number of ether oxygens (including phenoxy) is 2. The van der Waals surface area contributed by atoms with Gasteiger partial charge in [-0.2, -0.15) is 0 Å². The summed E-state index contributed by atoms with van der Waals surface area (Å²) in [5, 5.41) is 5.69. The lowest BCUT2D eigenvalue weighted by Crippen LogP contribution is -2.12. The van der Waals surface area contributed by atoms with Crippen molar-refractivity contribution in [2.45, 2.75) is 12.8 Å². The first kappa shape index (κ1) is 17.9. The summed E-state index contributed by atoms with van der Waals surface area (Å²) in [6, 6.07) is 11.0. The number of pyridine rings is 1. The van der Waals surface area contributed by atoms with Crippen LogP contribution in [0.25, 0.3) is 10.7 Å². The number of hydrogen-bond acceptors (Lipinski definition) is 6. The number of nitrogens with one attached hydrogen (secondary N) is 1. The minimum atomic E-state index is -0.0791. The van der Waals surface area contributed by atoms with Crippen LogP contribution in [0.3, 0.4) is 0 Å². The minimum Gasteiger partial charge on any atom is -0.493 e. The molecule has 134 valence electrons. The van der Waals surface area contributed by atoms with Crippen LogP contribution in [0, 0.1) is 0 Å². The van der Waals surface area contributed by atoms with Crippen LogP contribution >= 0.6 is 11.3 Å². The van der Waals surface area contributed by atoms with Crippen molar-refractivity contribution in [3.8, 4) is 22.2 Å². The Labute approximate surface area is 155 Å². The van der Waals surface area contributed by atoms with Crippen LogP contribution < -0.4 is 14.8 Å². The van der Waals surface area contributed by atoms with E-state index in [1.807, 2.05) is 23.6 Å². The van der Waals surface area contributed by atoms with Crippen molar-refractivity contribution in [3.05, 3.63) is 53.7 Å². The lowest BCUT2D eigenvalue weighted by Gasteiger charge is -2.10. The Morgan fingerprint density at radius 3 is 2.73 bits per heavy atom. The molecule has 1 amide bonds. The number of aryl methyl sites for hydroxylation is 1. The highest BCUT2D eigenvalue weighted by atomic mass is 32.1. The standard InChI is InChI=1S/C19H19N3O3S/c1-24-16-8-6-13(11-17(16)25-2)21-18(23)9-7-14-12-26-19(22-14)15-5-3-4-10-20-15/h3-6,8,10-12H,7,9H2,1-2H3,(H,21,23). The average molecular weight is 369 g/mol. The van der Waals surface area contributed by atoms with E-state index in [9.17, 15) is 4.79 Å². The van der Waals surface area contributed by atoms with E-state index in [0.717, 1.165) is 16.4 Å². The second-order valence-electron chi connectivity index (χ2n) is 5.48. The van der Waals surface area contributed by atoms with E-state index in [2.05, 4.69) is 15.3 Å². The lowest BCUT2D eigenvalue weighted by molar-refractivity contribution is -0.116. The Kier molecular flexibility index (Phi) is 5.80. The number of anilines is 1. The molecule has 7 heteroatoms. The molecule has 2 heterocycles. The molecule has 0 bridgehead atoms. The number of amides is 1. The molecule has 0 fully saturated rings. The average Bonchev–Trinajstić information content (AvgIpc) is 3.16. The van der Waals surface area contributed by atoms with Crippen molar-refractivity contribution in [3.63, 3.8) is 0 Å². The van der Waals surface area contributed by atoms with Crippen LogP contribution in [0.5, 0.6) is 11.5 Å². The monoisotopic (exact) mass is 369 g/mol. The van der Waals surface area contributed by atoms with Gasteiger partial charge in [0.1, 0.15) is 5.01 Å². The van der Waals surface area contributed by atoms with Gasteiger partial charge in [0.05, 0.1) is 25.6 Å². The summed E-state index contributed by atoms with van der Waals surface area (Å²) >= 11 is 1.53. The highest BCUT2D eigenvalue weighted by Crippen LogP contribution is 2.29. The molecule has 3 rings (SSSR count). The van der Waals surface area contributed by atoms with E-state index < -0.39 is 0 Å². The third-order valence-corrected chi connectivity index (χ3v) is 4.62. The first-order valence-electron chi connectivity index (χ1n) is 8.07. The van der Waals surface area contributed by atoms with Crippen molar-refractivity contribution in [2.75, 3.05) is 19.5 Å². The number of carbonyl (C=O) groups excluding carboxylic acids is 1. The predicted molar refractivity (Wildman–Crippen MR) is 102 cm³/mol. The van der Waals surface area contributed by atoms with Gasteiger partial charge >= 0.3 is 0 Å². The molecule has 1 N–H and O–H groups in total. The summed E-state index contributed by atoms with van der Waals surface area (Å²) < 4.78 is 10.4. The van der Waals surface area contributed by atoms with Gasteiger partial charge in [-0.1, -0.05) is 6.07 Å². The summed E-state index contributed by atoms with van der Waals surface area (Å²) in [6.45, 7) is 0. The molecular weight excluding hydrogens is 350 g/mol. The minimum absolute atomic E-state index is 0.0791. The van der Waals surface area contributed by atoms with Gasteiger partial charge in [0.2, 0.25) is 5.91 Å². The summed E-state index contributed by atoms with van der Waals surface area (Å²) in [5.74, 6) is 1.12. The van der Waals surface area contributed by atoms with Crippen LogP contribution in [0.2, 0.25) is 0 Å². The molecule has 3 aromatic rings. The van der Waals surface area contributed by atoms with Crippen molar-refractivity contribution in [1.82, 2.24) is 9.97 Å². The summed E-state index contributed by atoms with van der Waals surface area (Å²) in [5.41, 5.74) is 2.40. The molecule has 0 radical (unpaired) electrons. The summed E-state index contributed by atoms with van der Waals surface area (Å²) in [4.78, 5) is 21.0. The van der Waals surface area contributed by atoms with Crippen LogP contribution in [0.15, 0.2) is 48.0 Å². The fourth-order valence-corrected chi connectivity index (χ4v) is 3.24. The van der Waals surface area contributed by atoms with Gasteiger partial charge in [-0.15, -0.1) is 11.3 Å². The van der Waals surface area contributed by atoms with Crippen molar-refractivity contribution in [1.29, 1.82) is 0 Å². The third-order valence-electron chi connectivity index (χ3n) is 3.71. The molecule has 2 aromatic heterocycles. The Balaban J connectivity index is 1.57. The molecule has 0 aliphatic heterocycles. The van der Waals surface area contributed by atoms with Crippen LogP contribution in [-0.4, -0.2) is 30.1 Å². The van der Waals surface area contributed by atoms with Gasteiger partial charge in [0, 0.05) is 29.8 Å². The van der Waals surface area contributed by atoms with E-state index in [4.69, 9.17) is 9.47 Å². The van der Waals surface area contributed by atoms with Crippen LogP contribution in [0.4, 0.5) is 5.69 Å². The lowest BCUT2D eigenvalue weighted by atomic mass is 10.2. The maximum atomic E-state index is 12.2. The van der Waals surface area contributed by atoms with Crippen molar-refractivity contribution < 1.29 is 14.3 Å². The fourth-order valence-electron chi connectivity index (χ4n) is 2.41. The van der Waals surface area contributed by atoms with E-state index in [-0.39, 0.29) is 5.91 Å². The molecule has 26 heavy (non-hydrogen) atoms. The third kappa shape index (κ3) is 4.37. The Morgan fingerprint density at radius 2 is 2.00 bits per heavy atom. The number of hydrogen-bond donors (Lipinski definition) is 1. The normalized spacial score (nSPS) is 10.4. The molecule has 0 unspecified atom stereocenters. The van der Waals surface area contributed by atoms with Gasteiger partial charge in [0.15, 0.2) is 11.5 Å². The quantitative estimate of drug-likeness (QED) is 0.686. The Morgan fingerprint density at radius 1 is 1.15 bits per heavy atom. The largest absolute Gasteiger partial charge is 0.493 e. The molecule has 0 saturated carbocycles. The first-order valence-corrected chi connectivity index (χ1v) is 8.95. The zero-order valence-electron chi connectivity index (χ0n) is 14.6. The maximum absolute atomic E-state index is 12.2. The number of benzene rings is 1. The Bertz CT molecular complexity index is 881. The molecule has 0 saturated heterocycles. The zero-order chi connectivity index (χ0) is 18.4. The highest BCUT2D eigenvalue weighted by molar-refractivity contribution is 7.13. The SMILES string of the molecule is COc1ccc(NC(=O)CCc2csc(-c3ccccn3)n2)cc1OC. The fraction of sp³-hybridized carbons (Fsp3) is 0.211. The topological polar surface area (TPSA) is 73.3 Å². The van der Waals surface area contributed by atoms with Gasteiger partial charge in [-0.3, -0.25) is 9.78 Å². The Hall–Kier alpha value is -2.93. The van der Waals surface area contributed by atoms with Crippen molar-refractivity contribution in [2.24, 2.45) is 0 Å². The molecule has 1 aromatic carbocycles. The summed E-state index contributed by atoms with van der Waals surface area (Å²) in [7, 11) is 3.13. The molecular formula is C19H19N3O3S. The molecule has 0 spiro atoms. The predicted octanol–water partition coefficient (Wildman–Crippen LogP) is 3.79. The maximum Gasteiger partial charge on any atom is 0.224 e. The molecule has 0 aliphatic rings. The number of carbonyl (C=O) groups is 1. The van der Waals surface area contributed by atoms with Crippen LogP contribution in [-0.2, 0) is 11.2 Å². The van der Waals surface area contributed by atoms with Gasteiger partial charge in [-0.25, -0.2) is 4.98 Å². The van der Waals surface area contributed by atoms with Crippen LogP contribution in [0.1, 0.15) is 12.1 Å². The zero-order valence-corrected chi connectivity index (χ0v) is 15.4. The number of nitrogens with zero attached hydrogens (tertiary/aromatic N) is 2. The smallest absolute Gasteiger partial charge is 0.224 e. The molecule has 6 nitrogen and oxygen atoms in total. The van der Waals surface area contributed by atoms with Gasteiger partial charge in [-0.05, 0) is 30.7 Å². The van der Waals surface area contributed by atoms with Gasteiger partial charge < -0.3 is 14.8 Å². The van der Waals surface area contributed by atoms with E-state index >= 15 is 0 Å².